The number of hydrogen-bond donors (Lipinski definition) is 0. The zero-order chi connectivity index (χ0) is 22.6. The van der Waals surface area contributed by atoms with E-state index in [-0.39, 0.29) is 16.6 Å². The van der Waals surface area contributed by atoms with Crippen LogP contribution in [0.4, 0.5) is 5.13 Å². The Labute approximate surface area is 192 Å². The number of fused-ring (bicyclic) bond motifs is 1. The van der Waals surface area contributed by atoms with Gasteiger partial charge in [0.25, 0.3) is 5.91 Å². The monoisotopic (exact) mass is 479 g/mol. The smallest absolute Gasteiger partial charge is 0.260 e. The molecule has 3 aromatic rings. The van der Waals surface area contributed by atoms with E-state index in [0.717, 1.165) is 23.3 Å². The van der Waals surface area contributed by atoms with Gasteiger partial charge in [-0.05, 0) is 55.6 Å². The molecule has 31 heavy (non-hydrogen) atoms. The number of rotatable bonds is 9. The molecule has 2 aromatic carbocycles. The topological polar surface area (TPSA) is 70.6 Å². The van der Waals surface area contributed by atoms with Crippen LogP contribution in [0.2, 0.25) is 5.02 Å². The summed E-state index contributed by atoms with van der Waals surface area (Å²) in [6.45, 7) is 8.73. The van der Waals surface area contributed by atoms with Crippen molar-refractivity contribution < 1.29 is 13.2 Å². The van der Waals surface area contributed by atoms with Crippen LogP contribution in [0.5, 0.6) is 0 Å². The van der Waals surface area contributed by atoms with E-state index < -0.39 is 9.84 Å². The lowest BCUT2D eigenvalue weighted by Gasteiger charge is -2.24. The molecule has 9 heteroatoms. The van der Waals surface area contributed by atoms with Gasteiger partial charge in [0.05, 0.1) is 20.9 Å². The predicted octanol–water partition coefficient (Wildman–Crippen LogP) is 4.73. The SMILES string of the molecule is CCN(CC)CCN(C(=O)c1ccc(S(=O)(=O)CC)cc1)c1nc2ccc(Cl)cc2s1. The van der Waals surface area contributed by atoms with Crippen LogP contribution in [-0.4, -0.2) is 56.1 Å². The second kappa shape index (κ2) is 10.1. The summed E-state index contributed by atoms with van der Waals surface area (Å²) in [7, 11) is -3.32. The van der Waals surface area contributed by atoms with Gasteiger partial charge in [0.15, 0.2) is 15.0 Å². The third-order valence-corrected chi connectivity index (χ3v) is 8.22. The zero-order valence-corrected chi connectivity index (χ0v) is 20.2. The molecule has 1 amide bonds. The Morgan fingerprint density at radius 1 is 1.03 bits per heavy atom. The molecular formula is C22H26ClN3O3S2. The number of hydrogen-bond acceptors (Lipinski definition) is 6. The van der Waals surface area contributed by atoms with Crippen molar-refractivity contribution in [3.8, 4) is 0 Å². The molecule has 0 saturated heterocycles. The first-order valence-corrected chi connectivity index (χ1v) is 13.1. The summed E-state index contributed by atoms with van der Waals surface area (Å²) in [6.07, 6.45) is 0. The van der Waals surface area contributed by atoms with Gasteiger partial charge < -0.3 is 4.90 Å². The minimum Gasteiger partial charge on any atom is -0.302 e. The number of thiazole rings is 1. The van der Waals surface area contributed by atoms with Crippen molar-refractivity contribution in [1.29, 1.82) is 0 Å². The Morgan fingerprint density at radius 2 is 1.71 bits per heavy atom. The molecule has 0 bridgehead atoms. The number of benzene rings is 2. The van der Waals surface area contributed by atoms with Crippen LogP contribution >= 0.6 is 22.9 Å². The van der Waals surface area contributed by atoms with E-state index in [1.807, 2.05) is 12.1 Å². The van der Waals surface area contributed by atoms with Crippen LogP contribution in [0.1, 0.15) is 31.1 Å². The molecule has 1 aromatic heterocycles. The normalized spacial score (nSPS) is 11.9. The van der Waals surface area contributed by atoms with Crippen LogP contribution in [-0.2, 0) is 9.84 Å². The van der Waals surface area contributed by atoms with Crippen molar-refractivity contribution in [2.24, 2.45) is 0 Å². The first-order chi connectivity index (χ1) is 14.8. The van der Waals surface area contributed by atoms with Crippen LogP contribution in [0, 0.1) is 0 Å². The summed E-state index contributed by atoms with van der Waals surface area (Å²) in [4.78, 5) is 22.2. The molecule has 0 aliphatic carbocycles. The Hall–Kier alpha value is -2.00. The number of anilines is 1. The Morgan fingerprint density at radius 3 is 2.32 bits per heavy atom. The standard InChI is InChI=1S/C22H26ClN3O3S2/c1-4-25(5-2)13-14-26(22-24-19-12-9-17(23)15-20(19)30-22)21(27)16-7-10-18(11-8-16)31(28,29)6-3/h7-12,15H,4-6,13-14H2,1-3H3. The van der Waals surface area contributed by atoms with Gasteiger partial charge in [-0.2, -0.15) is 0 Å². The fourth-order valence-corrected chi connectivity index (χ4v) is 5.34. The Balaban J connectivity index is 1.95. The van der Waals surface area contributed by atoms with E-state index in [1.54, 1.807) is 30.0 Å². The maximum Gasteiger partial charge on any atom is 0.260 e. The highest BCUT2D eigenvalue weighted by molar-refractivity contribution is 7.91. The molecule has 0 N–H and O–H groups in total. The van der Waals surface area contributed by atoms with Crippen molar-refractivity contribution in [3.63, 3.8) is 0 Å². The second-order valence-corrected chi connectivity index (χ2v) is 10.7. The molecule has 3 rings (SSSR count). The summed E-state index contributed by atoms with van der Waals surface area (Å²) < 4.78 is 25.1. The molecule has 0 fully saturated rings. The third-order valence-electron chi connectivity index (χ3n) is 5.19. The van der Waals surface area contributed by atoms with Crippen molar-refractivity contribution in [2.45, 2.75) is 25.7 Å². The highest BCUT2D eigenvalue weighted by Gasteiger charge is 2.23. The van der Waals surface area contributed by atoms with E-state index >= 15 is 0 Å². The lowest BCUT2D eigenvalue weighted by Crippen LogP contribution is -2.38. The van der Waals surface area contributed by atoms with Crippen molar-refractivity contribution in [2.75, 3.05) is 36.8 Å². The largest absolute Gasteiger partial charge is 0.302 e. The number of aromatic nitrogens is 1. The third kappa shape index (κ3) is 5.44. The maximum atomic E-state index is 13.4. The highest BCUT2D eigenvalue weighted by atomic mass is 35.5. The zero-order valence-electron chi connectivity index (χ0n) is 17.8. The van der Waals surface area contributed by atoms with E-state index in [1.165, 1.54) is 23.5 Å². The highest BCUT2D eigenvalue weighted by Crippen LogP contribution is 2.31. The van der Waals surface area contributed by atoms with Gasteiger partial charge >= 0.3 is 0 Å². The van der Waals surface area contributed by atoms with Gasteiger partial charge in [0.1, 0.15) is 0 Å². The molecule has 0 radical (unpaired) electrons. The van der Waals surface area contributed by atoms with Crippen LogP contribution in [0.3, 0.4) is 0 Å². The number of carbonyl (C=O) groups is 1. The first kappa shape index (κ1) is 23.7. The molecule has 0 spiro atoms. The number of sulfone groups is 1. The molecular weight excluding hydrogens is 454 g/mol. The average Bonchev–Trinajstić information content (AvgIpc) is 3.19. The van der Waals surface area contributed by atoms with Crippen LogP contribution in [0.25, 0.3) is 10.2 Å². The number of halogens is 1. The molecule has 1 heterocycles. The van der Waals surface area contributed by atoms with Crippen LogP contribution < -0.4 is 4.90 Å². The number of nitrogens with zero attached hydrogens (tertiary/aromatic N) is 3. The van der Waals surface area contributed by atoms with E-state index in [2.05, 4.69) is 23.7 Å². The van der Waals surface area contributed by atoms with Crippen molar-refractivity contribution in [3.05, 3.63) is 53.1 Å². The maximum absolute atomic E-state index is 13.4. The first-order valence-electron chi connectivity index (χ1n) is 10.2. The second-order valence-electron chi connectivity index (χ2n) is 7.02. The van der Waals surface area contributed by atoms with E-state index in [9.17, 15) is 13.2 Å². The minimum atomic E-state index is -3.32. The Bertz CT molecular complexity index is 1160. The minimum absolute atomic E-state index is 0.0184. The number of carbonyl (C=O) groups excluding carboxylic acids is 1. The fraction of sp³-hybridized carbons (Fsp3) is 0.364. The number of amides is 1. The van der Waals surface area contributed by atoms with Gasteiger partial charge in [0.2, 0.25) is 0 Å². The van der Waals surface area contributed by atoms with Gasteiger partial charge in [-0.25, -0.2) is 13.4 Å². The summed E-state index contributed by atoms with van der Waals surface area (Å²) in [5, 5.41) is 1.22. The molecule has 0 atom stereocenters. The summed E-state index contributed by atoms with van der Waals surface area (Å²) in [5.74, 6) is -0.192. The summed E-state index contributed by atoms with van der Waals surface area (Å²) in [5.41, 5.74) is 1.21. The summed E-state index contributed by atoms with van der Waals surface area (Å²) in [6, 6.07) is 11.6. The van der Waals surface area contributed by atoms with E-state index in [4.69, 9.17) is 11.6 Å². The number of likely N-dealkylation sites (N-methyl/N-ethyl adjacent to an activating group) is 1. The predicted molar refractivity (Wildman–Crippen MR) is 128 cm³/mol. The van der Waals surface area contributed by atoms with Gasteiger partial charge in [-0.1, -0.05) is 43.7 Å². The average molecular weight is 480 g/mol. The molecule has 0 saturated carbocycles. The Kier molecular flexibility index (Phi) is 7.69. The molecule has 0 aliphatic rings. The quantitative estimate of drug-likeness (QED) is 0.443. The molecule has 6 nitrogen and oxygen atoms in total. The molecule has 166 valence electrons. The van der Waals surface area contributed by atoms with Crippen LogP contribution in [0.15, 0.2) is 47.4 Å². The van der Waals surface area contributed by atoms with Gasteiger partial charge in [-0.15, -0.1) is 0 Å². The van der Waals surface area contributed by atoms with Crippen molar-refractivity contribution >= 4 is 54.0 Å². The molecule has 0 aliphatic heterocycles. The van der Waals surface area contributed by atoms with Gasteiger partial charge in [0, 0.05) is 23.7 Å². The lowest BCUT2D eigenvalue weighted by atomic mass is 10.2. The summed E-state index contributed by atoms with van der Waals surface area (Å²) >= 11 is 7.53. The van der Waals surface area contributed by atoms with Crippen molar-refractivity contribution in [1.82, 2.24) is 9.88 Å². The van der Waals surface area contributed by atoms with E-state index in [0.29, 0.717) is 28.8 Å². The lowest BCUT2D eigenvalue weighted by molar-refractivity contribution is 0.0983. The fourth-order valence-electron chi connectivity index (χ4n) is 3.19. The molecule has 0 unspecified atom stereocenters. The van der Waals surface area contributed by atoms with Gasteiger partial charge in [-0.3, -0.25) is 9.69 Å².